The zero-order valence-corrected chi connectivity index (χ0v) is 10.9. The Bertz CT molecular complexity index is 359. The molecule has 1 aromatic heterocycles. The molecule has 0 aromatic carbocycles. The Morgan fingerprint density at radius 1 is 1.33 bits per heavy atom. The van der Waals surface area contributed by atoms with Gasteiger partial charge in [-0.2, -0.15) is 0 Å². The molecule has 2 heterocycles. The van der Waals surface area contributed by atoms with Gasteiger partial charge in [-0.15, -0.1) is 0 Å². The van der Waals surface area contributed by atoms with E-state index in [1.807, 2.05) is 12.1 Å². The molecule has 3 heteroatoms. The van der Waals surface area contributed by atoms with Crippen LogP contribution in [0.5, 0.6) is 0 Å². The average molecular weight is 249 g/mol. The molecule has 18 heavy (non-hydrogen) atoms. The molecule has 2 fully saturated rings. The molecule has 2 atom stereocenters. The van der Waals surface area contributed by atoms with Gasteiger partial charge in [-0.05, 0) is 56.7 Å². The van der Waals surface area contributed by atoms with Crippen molar-refractivity contribution < 1.29 is 9.52 Å². The van der Waals surface area contributed by atoms with Gasteiger partial charge < -0.3 is 9.52 Å². The molecule has 100 valence electrons. The van der Waals surface area contributed by atoms with Gasteiger partial charge in [-0.3, -0.25) is 4.90 Å². The summed E-state index contributed by atoms with van der Waals surface area (Å²) in [7, 11) is 0. The molecule has 0 amide bonds. The van der Waals surface area contributed by atoms with Crippen molar-refractivity contribution in [2.45, 2.75) is 50.7 Å². The van der Waals surface area contributed by atoms with Crippen LogP contribution in [0.3, 0.4) is 0 Å². The fraction of sp³-hybridized carbons (Fsp3) is 0.733. The van der Waals surface area contributed by atoms with Gasteiger partial charge in [0, 0.05) is 12.6 Å². The van der Waals surface area contributed by atoms with E-state index in [2.05, 4.69) is 4.90 Å². The number of hydrogen-bond acceptors (Lipinski definition) is 3. The average Bonchev–Trinajstić information content (AvgIpc) is 2.94. The SMILES string of the molecule is OC(CC1CCCN1CC1CCC1)c1ccco1. The van der Waals surface area contributed by atoms with E-state index in [-0.39, 0.29) is 0 Å². The molecule has 1 aliphatic heterocycles. The Morgan fingerprint density at radius 3 is 2.89 bits per heavy atom. The van der Waals surface area contributed by atoms with Crippen molar-refractivity contribution in [2.24, 2.45) is 5.92 Å². The van der Waals surface area contributed by atoms with Crippen LogP contribution in [0.25, 0.3) is 0 Å². The largest absolute Gasteiger partial charge is 0.467 e. The number of nitrogens with zero attached hydrogens (tertiary/aromatic N) is 1. The lowest BCUT2D eigenvalue weighted by Gasteiger charge is -2.33. The second-order valence-corrected chi connectivity index (χ2v) is 5.85. The topological polar surface area (TPSA) is 36.6 Å². The summed E-state index contributed by atoms with van der Waals surface area (Å²) < 4.78 is 5.29. The van der Waals surface area contributed by atoms with Crippen molar-refractivity contribution in [2.75, 3.05) is 13.1 Å². The maximum atomic E-state index is 10.2. The summed E-state index contributed by atoms with van der Waals surface area (Å²) in [6.45, 7) is 2.46. The molecule has 0 bridgehead atoms. The molecule has 3 rings (SSSR count). The molecule has 0 radical (unpaired) electrons. The van der Waals surface area contributed by atoms with Gasteiger partial charge in [0.15, 0.2) is 0 Å². The van der Waals surface area contributed by atoms with Crippen LogP contribution in [-0.4, -0.2) is 29.1 Å². The predicted octanol–water partition coefficient (Wildman–Crippen LogP) is 2.97. The zero-order valence-electron chi connectivity index (χ0n) is 10.9. The van der Waals surface area contributed by atoms with Gasteiger partial charge in [0.25, 0.3) is 0 Å². The lowest BCUT2D eigenvalue weighted by Crippen LogP contribution is -2.37. The first kappa shape index (κ1) is 12.2. The minimum absolute atomic E-state index is 0.438. The first-order valence-corrected chi connectivity index (χ1v) is 7.28. The Balaban J connectivity index is 1.54. The monoisotopic (exact) mass is 249 g/mol. The van der Waals surface area contributed by atoms with Crippen LogP contribution >= 0.6 is 0 Å². The number of furan rings is 1. The summed E-state index contributed by atoms with van der Waals surface area (Å²) >= 11 is 0. The van der Waals surface area contributed by atoms with E-state index in [0.29, 0.717) is 11.8 Å². The van der Waals surface area contributed by atoms with Crippen LogP contribution in [0.1, 0.15) is 50.4 Å². The molecule has 1 saturated heterocycles. The molecule has 2 aliphatic rings. The third kappa shape index (κ3) is 2.62. The summed E-state index contributed by atoms with van der Waals surface area (Å²) in [5.41, 5.74) is 0. The van der Waals surface area contributed by atoms with Crippen molar-refractivity contribution in [3.05, 3.63) is 24.2 Å². The van der Waals surface area contributed by atoms with Gasteiger partial charge >= 0.3 is 0 Å². The van der Waals surface area contributed by atoms with E-state index in [4.69, 9.17) is 4.42 Å². The molecule has 1 aliphatic carbocycles. The molecule has 2 unspecified atom stereocenters. The van der Waals surface area contributed by atoms with Gasteiger partial charge in [-0.1, -0.05) is 6.42 Å². The van der Waals surface area contributed by atoms with Crippen LogP contribution in [0.15, 0.2) is 22.8 Å². The van der Waals surface area contributed by atoms with Crippen LogP contribution in [-0.2, 0) is 0 Å². The summed E-state index contributed by atoms with van der Waals surface area (Å²) in [5, 5.41) is 10.2. The highest BCUT2D eigenvalue weighted by atomic mass is 16.4. The first-order chi connectivity index (χ1) is 8.83. The van der Waals surface area contributed by atoms with Crippen molar-refractivity contribution in [1.29, 1.82) is 0 Å². The van der Waals surface area contributed by atoms with Gasteiger partial charge in [-0.25, -0.2) is 0 Å². The molecule has 1 saturated carbocycles. The molecule has 1 N–H and O–H groups in total. The quantitative estimate of drug-likeness (QED) is 0.871. The maximum Gasteiger partial charge on any atom is 0.132 e. The fourth-order valence-electron chi connectivity index (χ4n) is 3.26. The molecule has 3 nitrogen and oxygen atoms in total. The minimum Gasteiger partial charge on any atom is -0.467 e. The van der Waals surface area contributed by atoms with E-state index in [1.165, 1.54) is 45.2 Å². The summed E-state index contributed by atoms with van der Waals surface area (Å²) in [5.74, 6) is 1.64. The summed E-state index contributed by atoms with van der Waals surface area (Å²) in [6, 6.07) is 4.26. The highest BCUT2D eigenvalue weighted by Crippen LogP contribution is 2.32. The second-order valence-electron chi connectivity index (χ2n) is 5.85. The number of rotatable bonds is 5. The van der Waals surface area contributed by atoms with Gasteiger partial charge in [0.05, 0.1) is 6.26 Å². The van der Waals surface area contributed by atoms with Crippen LogP contribution in [0.2, 0.25) is 0 Å². The number of likely N-dealkylation sites (tertiary alicyclic amines) is 1. The van der Waals surface area contributed by atoms with E-state index < -0.39 is 6.10 Å². The van der Waals surface area contributed by atoms with E-state index >= 15 is 0 Å². The Hall–Kier alpha value is -0.800. The molecular weight excluding hydrogens is 226 g/mol. The Morgan fingerprint density at radius 2 is 2.22 bits per heavy atom. The Labute approximate surface area is 109 Å². The van der Waals surface area contributed by atoms with E-state index in [1.54, 1.807) is 6.26 Å². The minimum atomic E-state index is -0.438. The lowest BCUT2D eigenvalue weighted by atomic mass is 9.85. The Kier molecular flexibility index (Phi) is 3.71. The van der Waals surface area contributed by atoms with Crippen LogP contribution in [0, 0.1) is 5.92 Å². The van der Waals surface area contributed by atoms with Gasteiger partial charge in [0.2, 0.25) is 0 Å². The smallest absolute Gasteiger partial charge is 0.132 e. The molecular formula is C15H23NO2. The normalized spacial score (nSPS) is 27.3. The van der Waals surface area contributed by atoms with E-state index in [0.717, 1.165) is 12.3 Å². The van der Waals surface area contributed by atoms with Crippen LogP contribution in [0.4, 0.5) is 0 Å². The zero-order chi connectivity index (χ0) is 12.4. The predicted molar refractivity (Wildman–Crippen MR) is 70.2 cm³/mol. The summed E-state index contributed by atoms with van der Waals surface area (Å²) in [6.07, 6.45) is 8.75. The second kappa shape index (κ2) is 5.45. The highest BCUT2D eigenvalue weighted by Gasteiger charge is 2.30. The number of aliphatic hydroxyl groups excluding tert-OH is 1. The summed E-state index contributed by atoms with van der Waals surface area (Å²) in [4.78, 5) is 2.59. The standard InChI is InChI=1S/C15H23NO2/c17-14(15-7-3-9-18-15)10-13-6-2-8-16(13)11-12-4-1-5-12/h3,7,9,12-14,17H,1-2,4-6,8,10-11H2. The van der Waals surface area contributed by atoms with Crippen LogP contribution < -0.4 is 0 Å². The maximum absolute atomic E-state index is 10.2. The van der Waals surface area contributed by atoms with Crippen molar-refractivity contribution in [1.82, 2.24) is 4.90 Å². The fourth-order valence-corrected chi connectivity index (χ4v) is 3.26. The lowest BCUT2D eigenvalue weighted by molar-refractivity contribution is 0.0883. The third-order valence-corrected chi connectivity index (χ3v) is 4.58. The van der Waals surface area contributed by atoms with Gasteiger partial charge in [0.1, 0.15) is 11.9 Å². The number of hydrogen-bond donors (Lipinski definition) is 1. The molecule has 1 aromatic rings. The first-order valence-electron chi connectivity index (χ1n) is 7.28. The highest BCUT2D eigenvalue weighted by molar-refractivity contribution is 5.02. The van der Waals surface area contributed by atoms with Crippen molar-refractivity contribution >= 4 is 0 Å². The number of aliphatic hydroxyl groups is 1. The third-order valence-electron chi connectivity index (χ3n) is 4.58. The molecule has 0 spiro atoms. The van der Waals surface area contributed by atoms with Crippen molar-refractivity contribution in [3.8, 4) is 0 Å². The van der Waals surface area contributed by atoms with E-state index in [9.17, 15) is 5.11 Å². The van der Waals surface area contributed by atoms with Crippen molar-refractivity contribution in [3.63, 3.8) is 0 Å².